The SMILES string of the molecule is Fc1cc(C(F)(F)F)cc(C(Cc2ccccc2)(NCc2cccc(OC(F)(F)C(F)F)c2)c2ccc(Cl)cn2)c1. The van der Waals surface area contributed by atoms with Crippen molar-refractivity contribution in [3.05, 3.63) is 130 Å². The molecule has 1 atom stereocenters. The van der Waals surface area contributed by atoms with E-state index in [9.17, 15) is 35.1 Å². The van der Waals surface area contributed by atoms with Crippen molar-refractivity contribution in [3.8, 4) is 5.75 Å². The molecule has 1 aromatic heterocycles. The van der Waals surface area contributed by atoms with Crippen molar-refractivity contribution >= 4 is 11.6 Å². The summed E-state index contributed by atoms with van der Waals surface area (Å²) in [6.45, 7) is -0.202. The molecule has 0 aliphatic heterocycles. The van der Waals surface area contributed by atoms with Crippen LogP contribution in [0.5, 0.6) is 5.75 Å². The molecular weight excluding hydrogens is 580 g/mol. The van der Waals surface area contributed by atoms with Gasteiger partial charge in [-0.15, -0.1) is 0 Å². The Hall–Kier alpha value is -3.70. The highest BCUT2D eigenvalue weighted by atomic mass is 35.5. The summed E-state index contributed by atoms with van der Waals surface area (Å²) in [7, 11) is 0. The molecule has 0 amide bonds. The molecule has 4 aromatic rings. The number of ether oxygens (including phenoxy) is 1. The molecule has 216 valence electrons. The maximum absolute atomic E-state index is 14.7. The van der Waals surface area contributed by atoms with Gasteiger partial charge in [0.25, 0.3) is 0 Å². The second kappa shape index (κ2) is 12.0. The summed E-state index contributed by atoms with van der Waals surface area (Å²) in [5, 5.41) is 3.38. The quantitative estimate of drug-likeness (QED) is 0.186. The Bertz CT molecular complexity index is 1470. The minimum Gasteiger partial charge on any atom is -0.428 e. The summed E-state index contributed by atoms with van der Waals surface area (Å²) in [5.41, 5.74) is -1.89. The normalized spacial score (nSPS) is 13.7. The Morgan fingerprint density at radius 3 is 2.12 bits per heavy atom. The van der Waals surface area contributed by atoms with Crippen LogP contribution < -0.4 is 10.1 Å². The van der Waals surface area contributed by atoms with E-state index >= 15 is 0 Å². The molecule has 1 unspecified atom stereocenters. The summed E-state index contributed by atoms with van der Waals surface area (Å²) < 4.78 is 112. The van der Waals surface area contributed by atoms with E-state index in [4.69, 9.17) is 11.6 Å². The maximum atomic E-state index is 14.7. The van der Waals surface area contributed by atoms with Gasteiger partial charge in [-0.25, -0.2) is 4.39 Å². The van der Waals surface area contributed by atoms with Crippen LogP contribution in [0.15, 0.2) is 91.1 Å². The molecule has 41 heavy (non-hydrogen) atoms. The van der Waals surface area contributed by atoms with Crippen molar-refractivity contribution in [3.63, 3.8) is 0 Å². The van der Waals surface area contributed by atoms with E-state index in [-0.39, 0.29) is 34.8 Å². The first-order valence-electron chi connectivity index (χ1n) is 12.0. The van der Waals surface area contributed by atoms with Gasteiger partial charge in [-0.3, -0.25) is 10.3 Å². The molecule has 3 aromatic carbocycles. The molecule has 3 nitrogen and oxygen atoms in total. The molecule has 0 saturated carbocycles. The van der Waals surface area contributed by atoms with E-state index in [0.29, 0.717) is 11.6 Å². The van der Waals surface area contributed by atoms with Gasteiger partial charge < -0.3 is 4.74 Å². The monoisotopic (exact) mass is 600 g/mol. The molecule has 0 fully saturated rings. The van der Waals surface area contributed by atoms with E-state index in [1.165, 1.54) is 30.5 Å². The second-order valence-electron chi connectivity index (χ2n) is 9.12. The van der Waals surface area contributed by atoms with Crippen molar-refractivity contribution < 1.29 is 39.9 Å². The van der Waals surface area contributed by atoms with Crippen molar-refractivity contribution in [2.24, 2.45) is 0 Å². The Balaban J connectivity index is 1.84. The summed E-state index contributed by atoms with van der Waals surface area (Å²) in [6.07, 6.45) is -12.4. The van der Waals surface area contributed by atoms with Gasteiger partial charge in [0.05, 0.1) is 21.8 Å². The van der Waals surface area contributed by atoms with Crippen LogP contribution in [-0.4, -0.2) is 17.5 Å². The molecule has 1 heterocycles. The number of nitrogens with one attached hydrogen (secondary N) is 1. The highest BCUT2D eigenvalue weighted by Crippen LogP contribution is 2.38. The van der Waals surface area contributed by atoms with Gasteiger partial charge in [0.2, 0.25) is 0 Å². The van der Waals surface area contributed by atoms with Crippen LogP contribution >= 0.6 is 11.6 Å². The molecule has 0 saturated heterocycles. The number of rotatable bonds is 10. The van der Waals surface area contributed by atoms with E-state index in [0.717, 1.165) is 24.3 Å². The summed E-state index contributed by atoms with van der Waals surface area (Å²) >= 11 is 6.02. The standard InChI is InChI=1S/C29H21ClF8N2O/c30-22-9-10-25(39-17-22)27(15-18-5-2-1-3-6-18,20-12-21(28(34,35)36)14-23(31)13-20)40-16-19-7-4-8-24(11-19)41-29(37,38)26(32)33/h1-14,17,26,40H,15-16H2. The van der Waals surface area contributed by atoms with Crippen LogP contribution in [0, 0.1) is 5.82 Å². The molecule has 0 aliphatic carbocycles. The molecule has 1 N–H and O–H groups in total. The van der Waals surface area contributed by atoms with E-state index < -0.39 is 41.4 Å². The fourth-order valence-electron chi connectivity index (χ4n) is 4.30. The predicted molar refractivity (Wildman–Crippen MR) is 136 cm³/mol. The Labute approximate surface area is 234 Å². The van der Waals surface area contributed by atoms with Gasteiger partial charge in [0, 0.05) is 19.2 Å². The van der Waals surface area contributed by atoms with Crippen molar-refractivity contribution in [2.75, 3.05) is 0 Å². The minimum absolute atomic E-state index is 0.0249. The number of pyridine rings is 1. The average molecular weight is 601 g/mol. The Morgan fingerprint density at radius 2 is 1.49 bits per heavy atom. The molecular formula is C29H21ClF8N2O. The second-order valence-corrected chi connectivity index (χ2v) is 9.56. The molecule has 0 radical (unpaired) electrons. The molecule has 12 heteroatoms. The third-order valence-corrected chi connectivity index (χ3v) is 6.42. The maximum Gasteiger partial charge on any atom is 0.461 e. The fraction of sp³-hybridized carbons (Fsp3) is 0.207. The smallest absolute Gasteiger partial charge is 0.428 e. The zero-order chi connectivity index (χ0) is 29.8. The highest BCUT2D eigenvalue weighted by molar-refractivity contribution is 6.30. The average Bonchev–Trinajstić information content (AvgIpc) is 2.91. The number of halogens is 9. The number of hydrogen-bond acceptors (Lipinski definition) is 3. The summed E-state index contributed by atoms with van der Waals surface area (Å²) in [4.78, 5) is 4.34. The van der Waals surface area contributed by atoms with Gasteiger partial charge >= 0.3 is 18.7 Å². The first-order valence-corrected chi connectivity index (χ1v) is 12.4. The molecule has 4 rings (SSSR count). The van der Waals surface area contributed by atoms with Gasteiger partial charge in [-0.05, 0) is 59.2 Å². The van der Waals surface area contributed by atoms with Gasteiger partial charge in [0.15, 0.2) is 0 Å². The Morgan fingerprint density at radius 1 is 0.805 bits per heavy atom. The highest BCUT2D eigenvalue weighted by Gasteiger charge is 2.44. The van der Waals surface area contributed by atoms with Gasteiger partial charge in [0.1, 0.15) is 11.6 Å². The van der Waals surface area contributed by atoms with Crippen molar-refractivity contribution in [2.45, 2.75) is 37.2 Å². The van der Waals surface area contributed by atoms with Crippen molar-refractivity contribution in [1.82, 2.24) is 10.3 Å². The number of benzene rings is 3. The lowest BCUT2D eigenvalue weighted by Gasteiger charge is -2.36. The lowest BCUT2D eigenvalue weighted by molar-refractivity contribution is -0.253. The largest absolute Gasteiger partial charge is 0.461 e. The number of alkyl halides is 7. The zero-order valence-corrected chi connectivity index (χ0v) is 21.7. The van der Waals surface area contributed by atoms with Crippen LogP contribution in [0.3, 0.4) is 0 Å². The Kier molecular flexibility index (Phi) is 8.89. The molecule has 0 aliphatic rings. The summed E-state index contributed by atoms with van der Waals surface area (Å²) in [6, 6.07) is 18.6. The van der Waals surface area contributed by atoms with Crippen LogP contribution in [0.4, 0.5) is 35.1 Å². The lowest BCUT2D eigenvalue weighted by Crippen LogP contribution is -2.46. The summed E-state index contributed by atoms with van der Waals surface area (Å²) in [5.74, 6) is -1.70. The lowest BCUT2D eigenvalue weighted by atomic mass is 9.79. The third-order valence-electron chi connectivity index (χ3n) is 6.20. The van der Waals surface area contributed by atoms with Crippen LogP contribution in [0.1, 0.15) is 27.9 Å². The first-order chi connectivity index (χ1) is 19.3. The zero-order valence-electron chi connectivity index (χ0n) is 20.9. The molecule has 0 bridgehead atoms. The van der Waals surface area contributed by atoms with E-state index in [1.807, 2.05) is 0 Å². The number of aromatic nitrogens is 1. The first kappa shape index (κ1) is 30.3. The third kappa shape index (κ3) is 7.34. The molecule has 0 spiro atoms. The van der Waals surface area contributed by atoms with Crippen LogP contribution in [0.25, 0.3) is 0 Å². The topological polar surface area (TPSA) is 34.1 Å². The predicted octanol–water partition coefficient (Wildman–Crippen LogP) is 8.41. The van der Waals surface area contributed by atoms with Crippen molar-refractivity contribution in [1.29, 1.82) is 0 Å². The number of nitrogens with zero attached hydrogens (tertiary/aromatic N) is 1. The number of hydrogen-bond donors (Lipinski definition) is 1. The van der Waals surface area contributed by atoms with Gasteiger partial charge in [-0.2, -0.15) is 30.7 Å². The van der Waals surface area contributed by atoms with Crippen LogP contribution in [-0.2, 0) is 24.7 Å². The fourth-order valence-corrected chi connectivity index (χ4v) is 4.41. The minimum atomic E-state index is -4.87. The van der Waals surface area contributed by atoms with Crippen LogP contribution in [0.2, 0.25) is 5.02 Å². The van der Waals surface area contributed by atoms with E-state index in [2.05, 4.69) is 15.0 Å². The van der Waals surface area contributed by atoms with Gasteiger partial charge in [-0.1, -0.05) is 54.1 Å². The van der Waals surface area contributed by atoms with E-state index in [1.54, 1.807) is 30.3 Å².